The molecule has 2 rings (SSSR count). The van der Waals surface area contributed by atoms with Gasteiger partial charge in [-0.25, -0.2) is 0 Å². The molecule has 1 fully saturated rings. The fourth-order valence-corrected chi connectivity index (χ4v) is 3.05. The number of halogens is 1. The molecule has 1 heterocycles. The number of ether oxygens (including phenoxy) is 1. The molecule has 0 radical (unpaired) electrons. The van der Waals surface area contributed by atoms with Crippen molar-refractivity contribution in [2.45, 2.75) is 24.7 Å². The second-order valence-electron chi connectivity index (χ2n) is 5.36. The summed E-state index contributed by atoms with van der Waals surface area (Å²) in [6.45, 7) is 1.53. The van der Waals surface area contributed by atoms with Gasteiger partial charge in [-0.15, -0.1) is 0 Å². The first-order chi connectivity index (χ1) is 9.20. The van der Waals surface area contributed by atoms with Crippen molar-refractivity contribution < 1.29 is 14.9 Å². The molecule has 0 aromatic heterocycles. The molecule has 1 aromatic rings. The monoisotopic (exact) mass is 328 g/mol. The van der Waals surface area contributed by atoms with E-state index in [4.69, 9.17) is 4.74 Å². The third-order valence-electron chi connectivity index (χ3n) is 4.08. The van der Waals surface area contributed by atoms with Crippen molar-refractivity contribution in [3.05, 3.63) is 34.3 Å². The Morgan fingerprint density at radius 2 is 1.68 bits per heavy atom. The Balaban J connectivity index is 2.18. The summed E-state index contributed by atoms with van der Waals surface area (Å²) < 4.78 is 6.38. The summed E-state index contributed by atoms with van der Waals surface area (Å²) >= 11 is 3.41. The van der Waals surface area contributed by atoms with Gasteiger partial charge in [0.05, 0.1) is 13.2 Å². The van der Waals surface area contributed by atoms with Crippen LogP contribution in [0.3, 0.4) is 0 Å². The Kier molecular flexibility index (Phi) is 5.39. The summed E-state index contributed by atoms with van der Waals surface area (Å²) in [5.74, 6) is 0.511. The molecular weight excluding hydrogens is 308 g/mol. The summed E-state index contributed by atoms with van der Waals surface area (Å²) in [5.41, 5.74) is 0.468. The molecule has 0 amide bonds. The Morgan fingerprint density at radius 3 is 2.21 bits per heavy atom. The van der Waals surface area contributed by atoms with Gasteiger partial charge in [0.25, 0.3) is 0 Å². The van der Waals surface area contributed by atoms with Crippen molar-refractivity contribution in [1.82, 2.24) is 0 Å². The minimum absolute atomic E-state index is 0.0253. The number of aliphatic hydroxyl groups excluding tert-OH is 2. The van der Waals surface area contributed by atoms with Gasteiger partial charge in [-0.05, 0) is 42.9 Å². The summed E-state index contributed by atoms with van der Waals surface area (Å²) in [6, 6.07) is 7.88. The molecule has 19 heavy (non-hydrogen) atoms. The van der Waals surface area contributed by atoms with Crippen molar-refractivity contribution in [3.63, 3.8) is 0 Å². The van der Waals surface area contributed by atoms with Crippen LogP contribution >= 0.6 is 15.9 Å². The van der Waals surface area contributed by atoms with E-state index < -0.39 is 5.41 Å². The van der Waals surface area contributed by atoms with Crippen LogP contribution < -0.4 is 0 Å². The quantitative estimate of drug-likeness (QED) is 0.873. The van der Waals surface area contributed by atoms with Crippen LogP contribution in [0.1, 0.15) is 24.8 Å². The zero-order valence-electron chi connectivity index (χ0n) is 11.0. The van der Waals surface area contributed by atoms with Gasteiger partial charge in [0.1, 0.15) is 0 Å². The maximum atomic E-state index is 9.83. The lowest BCUT2D eigenvalue weighted by Gasteiger charge is -2.35. The molecular formula is C15H21BrO3. The minimum Gasteiger partial charge on any atom is -0.395 e. The van der Waals surface area contributed by atoms with Crippen LogP contribution in [0, 0.1) is 5.92 Å². The van der Waals surface area contributed by atoms with E-state index in [1.165, 1.54) is 0 Å². The smallest absolute Gasteiger partial charge is 0.0550 e. The van der Waals surface area contributed by atoms with E-state index in [1.54, 1.807) is 0 Å². The molecule has 0 bridgehead atoms. The molecule has 0 atom stereocenters. The van der Waals surface area contributed by atoms with Crippen LogP contribution in [0.25, 0.3) is 0 Å². The van der Waals surface area contributed by atoms with E-state index in [1.807, 2.05) is 24.3 Å². The molecule has 0 spiro atoms. The van der Waals surface area contributed by atoms with Crippen LogP contribution in [0.2, 0.25) is 0 Å². The van der Waals surface area contributed by atoms with E-state index in [-0.39, 0.29) is 13.2 Å². The average Bonchev–Trinajstić information content (AvgIpc) is 2.47. The highest BCUT2D eigenvalue weighted by Gasteiger charge is 2.34. The average molecular weight is 329 g/mol. The Hall–Kier alpha value is -0.420. The molecule has 4 heteroatoms. The van der Waals surface area contributed by atoms with Gasteiger partial charge in [-0.1, -0.05) is 28.1 Å². The highest BCUT2D eigenvalue weighted by molar-refractivity contribution is 9.10. The molecule has 1 aliphatic rings. The Bertz CT molecular complexity index is 381. The molecule has 3 nitrogen and oxygen atoms in total. The fraction of sp³-hybridized carbons (Fsp3) is 0.600. The second kappa shape index (κ2) is 6.84. The van der Waals surface area contributed by atoms with E-state index >= 15 is 0 Å². The first-order valence-electron chi connectivity index (χ1n) is 6.76. The number of hydrogen-bond donors (Lipinski definition) is 2. The van der Waals surface area contributed by atoms with E-state index in [9.17, 15) is 10.2 Å². The minimum atomic E-state index is -0.539. The number of aliphatic hydroxyl groups is 2. The van der Waals surface area contributed by atoms with Gasteiger partial charge < -0.3 is 14.9 Å². The Labute approximate surface area is 122 Å². The van der Waals surface area contributed by atoms with Crippen LogP contribution in [0.5, 0.6) is 0 Å². The largest absolute Gasteiger partial charge is 0.395 e. The number of rotatable bonds is 5. The first kappa shape index (κ1) is 15.0. The highest BCUT2D eigenvalue weighted by Crippen LogP contribution is 2.35. The van der Waals surface area contributed by atoms with Crippen molar-refractivity contribution in [1.29, 1.82) is 0 Å². The standard InChI is InChI=1S/C15H21BrO3/c16-14-3-1-13(2-4-14)15(10-17,11-18)9-12-5-7-19-8-6-12/h1-4,12,17-18H,5-11H2. The molecule has 0 aliphatic carbocycles. The van der Waals surface area contributed by atoms with E-state index in [0.717, 1.165) is 42.5 Å². The molecule has 1 aromatic carbocycles. The third kappa shape index (κ3) is 3.57. The third-order valence-corrected chi connectivity index (χ3v) is 4.61. The van der Waals surface area contributed by atoms with E-state index in [0.29, 0.717) is 5.92 Å². The topological polar surface area (TPSA) is 49.7 Å². The van der Waals surface area contributed by atoms with Gasteiger partial charge in [0.15, 0.2) is 0 Å². The van der Waals surface area contributed by atoms with Crippen LogP contribution in [-0.4, -0.2) is 36.6 Å². The van der Waals surface area contributed by atoms with Crippen molar-refractivity contribution >= 4 is 15.9 Å². The predicted molar refractivity (Wildman–Crippen MR) is 78.2 cm³/mol. The van der Waals surface area contributed by atoms with Crippen molar-refractivity contribution in [2.75, 3.05) is 26.4 Å². The zero-order chi connectivity index (χ0) is 13.7. The van der Waals surface area contributed by atoms with Gasteiger partial charge in [-0.3, -0.25) is 0 Å². The number of hydrogen-bond acceptors (Lipinski definition) is 3. The fourth-order valence-electron chi connectivity index (χ4n) is 2.79. The van der Waals surface area contributed by atoms with Crippen LogP contribution in [0.15, 0.2) is 28.7 Å². The lowest BCUT2D eigenvalue weighted by atomic mass is 9.73. The normalized spacial score (nSPS) is 17.6. The molecule has 2 N–H and O–H groups in total. The second-order valence-corrected chi connectivity index (χ2v) is 6.28. The summed E-state index contributed by atoms with van der Waals surface area (Å²) in [6.07, 6.45) is 2.83. The molecule has 0 saturated carbocycles. The van der Waals surface area contributed by atoms with Gasteiger partial charge in [-0.2, -0.15) is 0 Å². The first-order valence-corrected chi connectivity index (χ1v) is 7.55. The van der Waals surface area contributed by atoms with Crippen molar-refractivity contribution in [3.8, 4) is 0 Å². The molecule has 106 valence electrons. The van der Waals surface area contributed by atoms with Crippen LogP contribution in [0.4, 0.5) is 0 Å². The maximum Gasteiger partial charge on any atom is 0.0550 e. The molecule has 1 aliphatic heterocycles. The van der Waals surface area contributed by atoms with Gasteiger partial charge >= 0.3 is 0 Å². The maximum absolute atomic E-state index is 9.83. The van der Waals surface area contributed by atoms with Crippen LogP contribution in [-0.2, 0) is 10.2 Å². The summed E-state index contributed by atoms with van der Waals surface area (Å²) in [5, 5.41) is 19.7. The highest BCUT2D eigenvalue weighted by atomic mass is 79.9. The molecule has 1 saturated heterocycles. The lowest BCUT2D eigenvalue weighted by Crippen LogP contribution is -2.38. The zero-order valence-corrected chi connectivity index (χ0v) is 12.6. The lowest BCUT2D eigenvalue weighted by molar-refractivity contribution is 0.0354. The van der Waals surface area contributed by atoms with Crippen molar-refractivity contribution in [2.24, 2.45) is 5.92 Å². The SMILES string of the molecule is OCC(CO)(CC1CCOCC1)c1ccc(Br)cc1. The Morgan fingerprint density at radius 1 is 1.11 bits per heavy atom. The number of benzene rings is 1. The summed E-state index contributed by atoms with van der Waals surface area (Å²) in [7, 11) is 0. The predicted octanol–water partition coefficient (Wildman–Crippen LogP) is 2.49. The van der Waals surface area contributed by atoms with E-state index in [2.05, 4.69) is 15.9 Å². The summed E-state index contributed by atoms with van der Waals surface area (Å²) in [4.78, 5) is 0. The molecule has 0 unspecified atom stereocenters. The van der Waals surface area contributed by atoms with Gasteiger partial charge in [0.2, 0.25) is 0 Å². The van der Waals surface area contributed by atoms with Gasteiger partial charge in [0, 0.05) is 23.1 Å².